The standard InChI is InChI=1S/C15H15N3O/c1-18-14-5-4-11(6-8-19)9-13(14)17-15(18)12-3-2-7-16-10-12/h2-5,7,9-10,19H,6,8H2,1H3. The number of fused-ring (bicyclic) bond motifs is 1. The zero-order valence-electron chi connectivity index (χ0n) is 10.7. The number of hydrogen-bond donors (Lipinski definition) is 1. The third-order valence-corrected chi connectivity index (χ3v) is 3.27. The number of nitrogens with zero attached hydrogens (tertiary/aromatic N) is 3. The molecule has 3 aromatic rings. The van der Waals surface area contributed by atoms with Gasteiger partial charge in [0.15, 0.2) is 0 Å². The average Bonchev–Trinajstić information content (AvgIpc) is 2.77. The zero-order chi connectivity index (χ0) is 13.2. The molecule has 0 radical (unpaired) electrons. The fourth-order valence-corrected chi connectivity index (χ4v) is 2.28. The highest BCUT2D eigenvalue weighted by molar-refractivity contribution is 5.81. The van der Waals surface area contributed by atoms with Crippen molar-refractivity contribution in [3.8, 4) is 11.4 Å². The van der Waals surface area contributed by atoms with Crippen molar-refractivity contribution in [2.75, 3.05) is 6.61 Å². The molecule has 1 aromatic carbocycles. The van der Waals surface area contributed by atoms with Gasteiger partial charge in [-0.2, -0.15) is 0 Å². The van der Waals surface area contributed by atoms with E-state index in [1.165, 1.54) is 0 Å². The molecule has 96 valence electrons. The monoisotopic (exact) mass is 253 g/mol. The molecule has 0 atom stereocenters. The molecule has 4 heteroatoms. The molecule has 0 aliphatic carbocycles. The van der Waals surface area contributed by atoms with E-state index < -0.39 is 0 Å². The first-order valence-electron chi connectivity index (χ1n) is 6.26. The molecule has 0 fully saturated rings. The Balaban J connectivity index is 2.14. The number of benzene rings is 1. The molecule has 0 unspecified atom stereocenters. The molecular formula is C15H15N3O. The highest BCUT2D eigenvalue weighted by Gasteiger charge is 2.10. The fourth-order valence-electron chi connectivity index (χ4n) is 2.28. The van der Waals surface area contributed by atoms with Gasteiger partial charge >= 0.3 is 0 Å². The van der Waals surface area contributed by atoms with E-state index in [1.54, 1.807) is 6.20 Å². The van der Waals surface area contributed by atoms with Gasteiger partial charge in [0.1, 0.15) is 5.82 Å². The molecule has 2 aromatic heterocycles. The van der Waals surface area contributed by atoms with Crippen LogP contribution in [0.2, 0.25) is 0 Å². The summed E-state index contributed by atoms with van der Waals surface area (Å²) in [5.74, 6) is 0.907. The Hall–Kier alpha value is -2.20. The van der Waals surface area contributed by atoms with Crippen LogP contribution in [0.15, 0.2) is 42.7 Å². The van der Waals surface area contributed by atoms with Crippen molar-refractivity contribution < 1.29 is 5.11 Å². The molecular weight excluding hydrogens is 238 g/mol. The lowest BCUT2D eigenvalue weighted by Gasteiger charge is -2.01. The van der Waals surface area contributed by atoms with Gasteiger partial charge in [0, 0.05) is 31.6 Å². The fraction of sp³-hybridized carbons (Fsp3) is 0.200. The zero-order valence-corrected chi connectivity index (χ0v) is 10.7. The number of imidazole rings is 1. The molecule has 0 bridgehead atoms. The van der Waals surface area contributed by atoms with Crippen LogP contribution in [-0.2, 0) is 13.5 Å². The molecule has 0 amide bonds. The molecule has 4 nitrogen and oxygen atoms in total. The second kappa shape index (κ2) is 4.82. The Labute approximate surface area is 111 Å². The van der Waals surface area contributed by atoms with Crippen LogP contribution in [0.25, 0.3) is 22.4 Å². The van der Waals surface area contributed by atoms with E-state index in [0.717, 1.165) is 28.0 Å². The highest BCUT2D eigenvalue weighted by atomic mass is 16.2. The summed E-state index contributed by atoms with van der Waals surface area (Å²) in [6.07, 6.45) is 4.23. The van der Waals surface area contributed by atoms with E-state index in [9.17, 15) is 0 Å². The summed E-state index contributed by atoms with van der Waals surface area (Å²) >= 11 is 0. The van der Waals surface area contributed by atoms with Crippen LogP contribution in [0.1, 0.15) is 5.56 Å². The van der Waals surface area contributed by atoms with Gasteiger partial charge in [-0.15, -0.1) is 0 Å². The molecule has 19 heavy (non-hydrogen) atoms. The van der Waals surface area contributed by atoms with E-state index in [1.807, 2.05) is 43.6 Å². The first-order chi connectivity index (χ1) is 9.29. The second-order valence-corrected chi connectivity index (χ2v) is 4.53. The van der Waals surface area contributed by atoms with Crippen molar-refractivity contribution in [2.45, 2.75) is 6.42 Å². The summed E-state index contributed by atoms with van der Waals surface area (Å²) in [6, 6.07) is 10.0. The van der Waals surface area contributed by atoms with Crippen LogP contribution in [0, 0.1) is 0 Å². The van der Waals surface area contributed by atoms with Crippen molar-refractivity contribution in [1.82, 2.24) is 14.5 Å². The van der Waals surface area contributed by atoms with Crippen LogP contribution in [-0.4, -0.2) is 26.2 Å². The van der Waals surface area contributed by atoms with Gasteiger partial charge in [0.2, 0.25) is 0 Å². The van der Waals surface area contributed by atoms with Crippen LogP contribution in [0.3, 0.4) is 0 Å². The summed E-state index contributed by atoms with van der Waals surface area (Å²) in [7, 11) is 2.00. The van der Waals surface area contributed by atoms with Gasteiger partial charge < -0.3 is 9.67 Å². The van der Waals surface area contributed by atoms with Crippen LogP contribution in [0.4, 0.5) is 0 Å². The maximum atomic E-state index is 9.00. The van der Waals surface area contributed by atoms with Crippen LogP contribution < -0.4 is 0 Å². The maximum absolute atomic E-state index is 9.00. The lowest BCUT2D eigenvalue weighted by atomic mass is 10.1. The summed E-state index contributed by atoms with van der Waals surface area (Å²) in [4.78, 5) is 8.80. The maximum Gasteiger partial charge on any atom is 0.142 e. The minimum Gasteiger partial charge on any atom is -0.396 e. The van der Waals surface area contributed by atoms with Gasteiger partial charge in [-0.25, -0.2) is 4.98 Å². The molecule has 3 rings (SSSR count). The normalized spacial score (nSPS) is 11.1. The lowest BCUT2D eigenvalue weighted by molar-refractivity contribution is 0.299. The summed E-state index contributed by atoms with van der Waals surface area (Å²) in [5.41, 5.74) is 4.14. The second-order valence-electron chi connectivity index (χ2n) is 4.53. The molecule has 1 N–H and O–H groups in total. The quantitative estimate of drug-likeness (QED) is 0.778. The number of aliphatic hydroxyl groups excluding tert-OH is 1. The predicted octanol–water partition coefficient (Wildman–Crippen LogP) is 2.17. The van der Waals surface area contributed by atoms with Gasteiger partial charge in [-0.3, -0.25) is 4.98 Å². The van der Waals surface area contributed by atoms with Crippen molar-refractivity contribution in [1.29, 1.82) is 0 Å². The number of hydrogen-bond acceptors (Lipinski definition) is 3. The smallest absolute Gasteiger partial charge is 0.142 e. The van der Waals surface area contributed by atoms with Gasteiger partial charge in [0.25, 0.3) is 0 Å². The number of pyridine rings is 1. The predicted molar refractivity (Wildman–Crippen MR) is 74.7 cm³/mol. The van der Waals surface area contributed by atoms with Crippen molar-refractivity contribution in [3.05, 3.63) is 48.3 Å². The van der Waals surface area contributed by atoms with Gasteiger partial charge in [-0.05, 0) is 36.2 Å². The third-order valence-electron chi connectivity index (χ3n) is 3.27. The van der Waals surface area contributed by atoms with E-state index in [-0.39, 0.29) is 6.61 Å². The van der Waals surface area contributed by atoms with Crippen molar-refractivity contribution >= 4 is 11.0 Å². The first-order valence-corrected chi connectivity index (χ1v) is 6.26. The molecule has 0 aliphatic rings. The van der Waals surface area contributed by atoms with E-state index in [2.05, 4.69) is 14.5 Å². The molecule has 0 aliphatic heterocycles. The summed E-state index contributed by atoms with van der Waals surface area (Å²) in [5, 5.41) is 9.00. The third kappa shape index (κ3) is 2.11. The molecule has 0 spiro atoms. The van der Waals surface area contributed by atoms with Crippen LogP contribution in [0.5, 0.6) is 0 Å². The highest BCUT2D eigenvalue weighted by Crippen LogP contribution is 2.23. The number of aryl methyl sites for hydroxylation is 1. The number of rotatable bonds is 3. The average molecular weight is 253 g/mol. The van der Waals surface area contributed by atoms with Crippen molar-refractivity contribution in [2.24, 2.45) is 7.05 Å². The molecule has 0 saturated carbocycles. The van der Waals surface area contributed by atoms with Gasteiger partial charge in [-0.1, -0.05) is 6.07 Å². The van der Waals surface area contributed by atoms with Crippen molar-refractivity contribution in [3.63, 3.8) is 0 Å². The first kappa shape index (κ1) is 11.9. The van der Waals surface area contributed by atoms with Gasteiger partial charge in [0.05, 0.1) is 11.0 Å². The summed E-state index contributed by atoms with van der Waals surface area (Å²) in [6.45, 7) is 0.161. The Morgan fingerprint density at radius 3 is 2.89 bits per heavy atom. The molecule has 0 saturated heterocycles. The minimum absolute atomic E-state index is 0.161. The summed E-state index contributed by atoms with van der Waals surface area (Å²) < 4.78 is 2.06. The number of aliphatic hydroxyl groups is 1. The SMILES string of the molecule is Cn1c(-c2cccnc2)nc2cc(CCO)ccc21. The van der Waals surface area contributed by atoms with E-state index in [0.29, 0.717) is 6.42 Å². The topological polar surface area (TPSA) is 50.9 Å². The molecule has 2 heterocycles. The van der Waals surface area contributed by atoms with E-state index >= 15 is 0 Å². The Morgan fingerprint density at radius 1 is 1.26 bits per heavy atom. The Bertz CT molecular complexity index is 704. The largest absolute Gasteiger partial charge is 0.396 e. The number of aromatic nitrogens is 3. The lowest BCUT2D eigenvalue weighted by Crippen LogP contribution is -1.93. The minimum atomic E-state index is 0.161. The Kier molecular flexibility index (Phi) is 3.01. The Morgan fingerprint density at radius 2 is 2.16 bits per heavy atom. The van der Waals surface area contributed by atoms with E-state index in [4.69, 9.17) is 5.11 Å². The van der Waals surface area contributed by atoms with Crippen LogP contribution >= 0.6 is 0 Å².